The third-order valence-corrected chi connectivity index (χ3v) is 13.7. The number of halogens is 1. The molecule has 14 heteroatoms. The minimum atomic E-state index is -0.910. The smallest absolute Gasteiger partial charge is 0.252 e. The van der Waals surface area contributed by atoms with E-state index in [1.807, 2.05) is 36.9 Å². The van der Waals surface area contributed by atoms with Crippen LogP contribution in [0.5, 0.6) is 5.75 Å². The number of imidazole rings is 2. The molecule has 1 aliphatic carbocycles. The molecular formula is C44H50FN7O4S2. The first kappa shape index (κ1) is 38.6. The number of H-pyrrole nitrogens is 2. The van der Waals surface area contributed by atoms with Crippen molar-refractivity contribution in [2.24, 2.45) is 5.92 Å². The van der Waals surface area contributed by atoms with Crippen molar-refractivity contribution >= 4 is 44.6 Å². The third kappa shape index (κ3) is 7.23. The van der Waals surface area contributed by atoms with Gasteiger partial charge in [0.1, 0.15) is 29.3 Å². The normalized spacial score (nSPS) is 18.7. The minimum Gasteiger partial charge on any atom is -0.464 e. The highest BCUT2D eigenvalue weighted by Crippen LogP contribution is 2.50. The molecule has 0 radical (unpaired) electrons. The van der Waals surface area contributed by atoms with Gasteiger partial charge in [0.15, 0.2) is 0 Å². The Balaban J connectivity index is 1.06. The minimum absolute atomic E-state index is 0.0363. The van der Waals surface area contributed by atoms with E-state index in [0.29, 0.717) is 53.3 Å². The maximum atomic E-state index is 16.7. The molecule has 1 saturated heterocycles. The average Bonchev–Trinajstić information content (AvgIpc) is 3.76. The van der Waals surface area contributed by atoms with Gasteiger partial charge in [-0.25, -0.2) is 24.4 Å². The Kier molecular flexibility index (Phi) is 10.0. The summed E-state index contributed by atoms with van der Waals surface area (Å²) in [7, 11) is 0.668. The van der Waals surface area contributed by atoms with Gasteiger partial charge in [-0.3, -0.25) is 14.2 Å². The Morgan fingerprint density at radius 1 is 1.03 bits per heavy atom. The monoisotopic (exact) mass is 823 g/mol. The number of benzene rings is 2. The lowest BCUT2D eigenvalue weighted by Gasteiger charge is -2.30. The van der Waals surface area contributed by atoms with Crippen molar-refractivity contribution in [1.82, 2.24) is 34.3 Å². The summed E-state index contributed by atoms with van der Waals surface area (Å²) in [5, 5.41) is 0.945. The number of aromatic nitrogens is 5. The summed E-state index contributed by atoms with van der Waals surface area (Å²) in [5.74, 6) is 2.75. The summed E-state index contributed by atoms with van der Waals surface area (Å²) in [6.07, 6.45) is 14.0. The number of likely N-dealkylation sites (tertiary alicyclic amines) is 1. The second kappa shape index (κ2) is 15.0. The van der Waals surface area contributed by atoms with Crippen LogP contribution in [0.15, 0.2) is 60.9 Å². The van der Waals surface area contributed by atoms with Crippen molar-refractivity contribution in [3.05, 3.63) is 88.1 Å². The molecule has 2 amide bonds. The molecule has 2 aromatic carbocycles. The quantitative estimate of drug-likeness (QED) is 0.112. The molecule has 58 heavy (non-hydrogen) atoms. The number of methoxy groups -OCH3 is 1. The molecule has 2 N–H and O–H groups in total. The molecule has 0 spiro atoms. The predicted molar refractivity (Wildman–Crippen MR) is 229 cm³/mol. The van der Waals surface area contributed by atoms with E-state index in [1.54, 1.807) is 35.7 Å². The van der Waals surface area contributed by atoms with Gasteiger partial charge in [-0.05, 0) is 98.8 Å². The Labute approximate surface area is 343 Å². The molecule has 304 valence electrons. The van der Waals surface area contributed by atoms with Crippen LogP contribution >= 0.6 is 21.4 Å². The molecule has 9 rings (SSSR count). The fourth-order valence-corrected chi connectivity index (χ4v) is 10.9. The fraction of sp³-hybridized carbons (Fsp3) is 0.409. The number of aromatic amines is 2. The van der Waals surface area contributed by atoms with Crippen LogP contribution in [0.2, 0.25) is 0 Å². The van der Waals surface area contributed by atoms with Gasteiger partial charge in [-0.15, -0.1) is 11.3 Å². The van der Waals surface area contributed by atoms with Crippen molar-refractivity contribution in [3.63, 3.8) is 0 Å². The van der Waals surface area contributed by atoms with Gasteiger partial charge < -0.3 is 29.2 Å². The molecular weight excluding hydrogens is 774 g/mol. The largest absolute Gasteiger partial charge is 0.464 e. The zero-order chi connectivity index (χ0) is 40.5. The highest BCUT2D eigenvalue weighted by Gasteiger charge is 2.38. The van der Waals surface area contributed by atoms with Crippen LogP contribution < -0.4 is 4.74 Å². The Morgan fingerprint density at radius 2 is 1.81 bits per heavy atom. The van der Waals surface area contributed by atoms with Crippen molar-refractivity contribution in [2.45, 2.75) is 70.4 Å². The summed E-state index contributed by atoms with van der Waals surface area (Å²) >= 11 is 1.77. The number of ether oxygens (including phenoxy) is 2. The number of hydrogen-bond acceptors (Lipinski definition) is 7. The summed E-state index contributed by atoms with van der Waals surface area (Å²) in [5.41, 5.74) is 5.13. The van der Waals surface area contributed by atoms with E-state index in [0.717, 1.165) is 57.8 Å². The molecule has 6 heterocycles. The zero-order valence-electron chi connectivity index (χ0n) is 33.8. The number of thiophene rings is 1. The molecule has 3 atom stereocenters. The van der Waals surface area contributed by atoms with E-state index in [-0.39, 0.29) is 17.9 Å². The highest BCUT2D eigenvalue weighted by molar-refractivity contribution is 8.32. The van der Waals surface area contributed by atoms with E-state index in [9.17, 15) is 9.59 Å². The predicted octanol–water partition coefficient (Wildman–Crippen LogP) is 9.05. The zero-order valence-corrected chi connectivity index (χ0v) is 35.4. The maximum absolute atomic E-state index is 16.7. The van der Waals surface area contributed by atoms with Crippen LogP contribution in [0.3, 0.4) is 0 Å². The van der Waals surface area contributed by atoms with Gasteiger partial charge >= 0.3 is 0 Å². The molecule has 2 unspecified atom stereocenters. The van der Waals surface area contributed by atoms with Crippen LogP contribution in [0.25, 0.3) is 44.7 Å². The first-order valence-electron chi connectivity index (χ1n) is 19.9. The van der Waals surface area contributed by atoms with Crippen molar-refractivity contribution in [2.75, 3.05) is 38.3 Å². The number of carbonyl (C=O) groups excluding carboxylic acids is 2. The fourth-order valence-electron chi connectivity index (χ4n) is 8.56. The first-order valence-corrected chi connectivity index (χ1v) is 23.8. The van der Waals surface area contributed by atoms with Crippen LogP contribution in [0.1, 0.15) is 79.1 Å². The Hall–Kier alpha value is -4.92. The van der Waals surface area contributed by atoms with Gasteiger partial charge in [0, 0.05) is 35.0 Å². The second-order valence-electron chi connectivity index (χ2n) is 17.1. The standard InChI is InChI=1S/C44H50FN7O4S2/c1-25(2)41(55-3)43(54)51-15-7-8-34(51)42-47-21-32(49-42)28-17-30(45)40-35-18-29-16-27(31-20-46-39(48-31)22-50(23-53)24-58(4,5)6)11-12-33(29)52(35)44(56-36(40)19-28)38-14-13-37(57-38)26-9-10-26/h11-14,16-21,23,25-26,34,41,44H,7-10,15,22,24H2,1-6H3,(H,46,48)(H,47,49)/t34?,41-,44?/m0/s1. The number of nitrogens with zero attached hydrogens (tertiary/aromatic N) is 5. The van der Waals surface area contributed by atoms with Crippen LogP contribution in [-0.4, -0.2) is 91.0 Å². The average molecular weight is 824 g/mol. The lowest BCUT2D eigenvalue weighted by atomic mass is 10.0. The molecule has 6 aromatic rings. The lowest BCUT2D eigenvalue weighted by Crippen LogP contribution is -2.42. The summed E-state index contributed by atoms with van der Waals surface area (Å²) < 4.78 is 31.3. The molecule has 3 aliphatic rings. The topological polar surface area (TPSA) is 121 Å². The van der Waals surface area contributed by atoms with Crippen LogP contribution in [0.4, 0.5) is 4.39 Å². The summed E-state index contributed by atoms with van der Waals surface area (Å²) in [4.78, 5) is 47.5. The van der Waals surface area contributed by atoms with Crippen molar-refractivity contribution in [1.29, 1.82) is 0 Å². The molecule has 2 aliphatic heterocycles. The number of nitrogens with one attached hydrogen (secondary N) is 2. The Bertz CT molecular complexity index is 2510. The van der Waals surface area contributed by atoms with E-state index in [1.165, 1.54) is 23.8 Å². The number of fused-ring (bicyclic) bond motifs is 5. The third-order valence-electron chi connectivity index (χ3n) is 11.3. The van der Waals surface area contributed by atoms with Crippen LogP contribution in [-0.2, 0) is 20.9 Å². The van der Waals surface area contributed by atoms with Gasteiger partial charge in [0.05, 0.1) is 63.9 Å². The molecule has 4 aromatic heterocycles. The Morgan fingerprint density at radius 3 is 2.55 bits per heavy atom. The van der Waals surface area contributed by atoms with Crippen molar-refractivity contribution < 1.29 is 23.5 Å². The van der Waals surface area contributed by atoms with E-state index >= 15 is 4.39 Å². The highest BCUT2D eigenvalue weighted by atomic mass is 32.3. The van der Waals surface area contributed by atoms with Crippen molar-refractivity contribution in [3.8, 4) is 39.5 Å². The van der Waals surface area contributed by atoms with E-state index in [2.05, 4.69) is 62.6 Å². The number of hydrogen-bond donors (Lipinski definition) is 2. The second-order valence-corrected chi connectivity index (χ2v) is 22.7. The number of amides is 2. The summed E-state index contributed by atoms with van der Waals surface area (Å²) in [6, 6.07) is 15.8. The SMILES string of the molecule is CO[C@H](C(=O)N1CCCC1c1ncc(-c2cc(F)c3c(c2)OC(c2ccc(C4CC4)s2)n2c-3cc3cc(-c4cnc(CN(C=O)CS(C)(C)C)[nH]4)ccc32)[nH]1)C(C)C. The first-order chi connectivity index (χ1) is 27.9. The van der Waals surface area contributed by atoms with E-state index < -0.39 is 28.2 Å². The summed E-state index contributed by atoms with van der Waals surface area (Å²) in [6.45, 7) is 5.01. The van der Waals surface area contributed by atoms with Crippen LogP contribution in [0, 0.1) is 11.7 Å². The van der Waals surface area contributed by atoms with E-state index in [4.69, 9.17) is 14.5 Å². The number of rotatable bonds is 13. The van der Waals surface area contributed by atoms with Gasteiger partial charge in [0.25, 0.3) is 5.91 Å². The van der Waals surface area contributed by atoms with Gasteiger partial charge in [-0.2, -0.15) is 0 Å². The van der Waals surface area contributed by atoms with Gasteiger partial charge in [0.2, 0.25) is 12.6 Å². The lowest BCUT2D eigenvalue weighted by molar-refractivity contribution is -0.145. The maximum Gasteiger partial charge on any atom is 0.252 e. The molecule has 0 bridgehead atoms. The number of carbonyl (C=O) groups is 2. The molecule has 11 nitrogen and oxygen atoms in total. The van der Waals surface area contributed by atoms with Gasteiger partial charge in [-0.1, -0.05) is 19.9 Å². The molecule has 1 saturated carbocycles. The molecule has 2 fully saturated rings.